The molecule has 0 aromatic carbocycles. The minimum Gasteiger partial charge on any atom is -0.480 e. The summed E-state index contributed by atoms with van der Waals surface area (Å²) in [6.45, 7) is 2.81. The van der Waals surface area contributed by atoms with Crippen LogP contribution in [-0.4, -0.2) is 48.6 Å². The van der Waals surface area contributed by atoms with Crippen molar-refractivity contribution in [2.24, 2.45) is 0 Å². The molecule has 2 N–H and O–H groups in total. The molecule has 0 aromatic heterocycles. The Kier molecular flexibility index (Phi) is 14.3. The highest BCUT2D eigenvalue weighted by Crippen LogP contribution is 2.07. The highest BCUT2D eigenvalue weighted by Gasteiger charge is 2.18. The van der Waals surface area contributed by atoms with E-state index in [1.165, 1.54) is 32.1 Å². The third-order valence-corrected chi connectivity index (χ3v) is 4.11. The van der Waals surface area contributed by atoms with Crippen LogP contribution < -0.4 is 5.32 Å². The topological polar surface area (TPSA) is 69.6 Å². The number of carboxylic acids is 1. The Morgan fingerprint density at radius 1 is 1.04 bits per heavy atom. The standard InChI is InChI=1S/C19H36N2O3/c1-4-5-6-7-8-9-10-11-15-18(22)20-16-13-12-14-17(19(23)24)21(2)3/h11,15,17H,4-10,12-14,16H2,1-3H3,(H,20,22)(H,23,24)/b15-11+/t17-/m0/s1. The number of hydrogen-bond donors (Lipinski definition) is 2. The summed E-state index contributed by atoms with van der Waals surface area (Å²) in [5.74, 6) is -0.843. The van der Waals surface area contributed by atoms with Gasteiger partial charge in [-0.25, -0.2) is 0 Å². The number of nitrogens with zero attached hydrogens (tertiary/aromatic N) is 1. The second kappa shape index (κ2) is 15.2. The number of carbonyl (C=O) groups excluding carboxylic acids is 1. The number of hydrogen-bond acceptors (Lipinski definition) is 3. The van der Waals surface area contributed by atoms with Crippen molar-refractivity contribution in [3.05, 3.63) is 12.2 Å². The Morgan fingerprint density at radius 2 is 1.71 bits per heavy atom. The Labute approximate surface area is 147 Å². The van der Waals surface area contributed by atoms with Crippen molar-refractivity contribution >= 4 is 11.9 Å². The molecule has 0 saturated heterocycles. The van der Waals surface area contributed by atoms with Gasteiger partial charge in [0.25, 0.3) is 0 Å². The number of unbranched alkanes of at least 4 members (excludes halogenated alkanes) is 7. The van der Waals surface area contributed by atoms with E-state index in [2.05, 4.69) is 12.2 Å². The second-order valence-electron chi connectivity index (χ2n) is 6.56. The fourth-order valence-corrected chi connectivity index (χ4v) is 2.57. The first-order chi connectivity index (χ1) is 11.5. The van der Waals surface area contributed by atoms with E-state index < -0.39 is 12.0 Å². The van der Waals surface area contributed by atoms with Gasteiger partial charge in [-0.2, -0.15) is 0 Å². The Balaban J connectivity index is 3.58. The number of nitrogens with one attached hydrogen (secondary N) is 1. The third-order valence-electron chi connectivity index (χ3n) is 4.11. The van der Waals surface area contributed by atoms with Crippen LogP contribution in [0.2, 0.25) is 0 Å². The molecule has 5 heteroatoms. The molecule has 0 aliphatic carbocycles. The lowest BCUT2D eigenvalue weighted by molar-refractivity contribution is -0.142. The lowest BCUT2D eigenvalue weighted by atomic mass is 10.1. The number of carbonyl (C=O) groups is 2. The van der Waals surface area contributed by atoms with E-state index in [0.29, 0.717) is 13.0 Å². The lowest BCUT2D eigenvalue weighted by Crippen LogP contribution is -2.35. The number of aliphatic carboxylic acids is 1. The van der Waals surface area contributed by atoms with Gasteiger partial charge in [0.05, 0.1) is 0 Å². The number of rotatable bonds is 15. The molecule has 0 unspecified atom stereocenters. The Bertz CT molecular complexity index is 368. The van der Waals surface area contributed by atoms with Gasteiger partial charge in [0.2, 0.25) is 5.91 Å². The number of allylic oxidation sites excluding steroid dienone is 1. The van der Waals surface area contributed by atoms with Gasteiger partial charge in [-0.1, -0.05) is 45.1 Å². The van der Waals surface area contributed by atoms with Crippen molar-refractivity contribution in [1.82, 2.24) is 10.2 Å². The van der Waals surface area contributed by atoms with Crippen LogP contribution in [0.1, 0.15) is 71.1 Å². The fourth-order valence-electron chi connectivity index (χ4n) is 2.57. The molecule has 0 rings (SSSR count). The SMILES string of the molecule is CCCCCCCC/C=C/C(=O)NCCCC[C@@H](C(=O)O)N(C)C. The van der Waals surface area contributed by atoms with E-state index in [0.717, 1.165) is 25.7 Å². The predicted octanol–water partition coefficient (Wildman–Crippen LogP) is 3.59. The van der Waals surface area contributed by atoms with E-state index in [9.17, 15) is 9.59 Å². The number of carboxylic acid groups (broad SMARTS) is 1. The summed E-state index contributed by atoms with van der Waals surface area (Å²) in [7, 11) is 3.55. The highest BCUT2D eigenvalue weighted by molar-refractivity contribution is 5.87. The average molecular weight is 341 g/mol. The second-order valence-corrected chi connectivity index (χ2v) is 6.56. The van der Waals surface area contributed by atoms with Gasteiger partial charge < -0.3 is 10.4 Å². The smallest absolute Gasteiger partial charge is 0.320 e. The maximum atomic E-state index is 11.6. The summed E-state index contributed by atoms with van der Waals surface area (Å²) < 4.78 is 0. The molecule has 0 fully saturated rings. The molecule has 0 radical (unpaired) electrons. The zero-order valence-corrected chi connectivity index (χ0v) is 15.7. The maximum absolute atomic E-state index is 11.6. The Hall–Kier alpha value is -1.36. The summed E-state index contributed by atoms with van der Waals surface area (Å²) in [5.41, 5.74) is 0. The quantitative estimate of drug-likeness (QED) is 0.353. The van der Waals surface area contributed by atoms with Gasteiger partial charge in [0.1, 0.15) is 6.04 Å². The monoisotopic (exact) mass is 340 g/mol. The first-order valence-electron chi connectivity index (χ1n) is 9.32. The van der Waals surface area contributed by atoms with Gasteiger partial charge in [-0.05, 0) is 52.3 Å². The molecule has 0 heterocycles. The lowest BCUT2D eigenvalue weighted by Gasteiger charge is -2.19. The van der Waals surface area contributed by atoms with Crippen LogP contribution in [0.5, 0.6) is 0 Å². The number of likely N-dealkylation sites (N-methyl/N-ethyl adjacent to an activating group) is 1. The van der Waals surface area contributed by atoms with Crippen LogP contribution in [0.3, 0.4) is 0 Å². The van der Waals surface area contributed by atoms with Crippen LogP contribution in [0.4, 0.5) is 0 Å². The largest absolute Gasteiger partial charge is 0.480 e. The molecule has 0 bridgehead atoms. The van der Waals surface area contributed by atoms with E-state index in [-0.39, 0.29) is 5.91 Å². The average Bonchev–Trinajstić information content (AvgIpc) is 2.52. The van der Waals surface area contributed by atoms with Crippen molar-refractivity contribution < 1.29 is 14.7 Å². The molecule has 0 saturated carbocycles. The van der Waals surface area contributed by atoms with Crippen LogP contribution in [-0.2, 0) is 9.59 Å². The van der Waals surface area contributed by atoms with Gasteiger partial charge >= 0.3 is 5.97 Å². The normalized spacial score (nSPS) is 12.7. The first-order valence-corrected chi connectivity index (χ1v) is 9.32. The van der Waals surface area contributed by atoms with Crippen molar-refractivity contribution in [2.45, 2.75) is 77.2 Å². The van der Waals surface area contributed by atoms with Crippen LogP contribution in [0.15, 0.2) is 12.2 Å². The summed E-state index contributed by atoms with van der Waals surface area (Å²) in [6.07, 6.45) is 14.3. The van der Waals surface area contributed by atoms with E-state index in [1.54, 1.807) is 25.1 Å². The minimum absolute atomic E-state index is 0.0524. The molecule has 0 aliphatic rings. The fraction of sp³-hybridized carbons (Fsp3) is 0.789. The Morgan fingerprint density at radius 3 is 2.33 bits per heavy atom. The first kappa shape index (κ1) is 22.6. The molecule has 24 heavy (non-hydrogen) atoms. The molecular formula is C19H36N2O3. The molecule has 140 valence electrons. The van der Waals surface area contributed by atoms with Crippen molar-refractivity contribution in [2.75, 3.05) is 20.6 Å². The summed E-state index contributed by atoms with van der Waals surface area (Å²) in [6, 6.07) is -0.446. The van der Waals surface area contributed by atoms with Gasteiger partial charge in [0.15, 0.2) is 0 Å². The van der Waals surface area contributed by atoms with E-state index >= 15 is 0 Å². The molecular weight excluding hydrogens is 304 g/mol. The molecule has 0 spiro atoms. The summed E-state index contributed by atoms with van der Waals surface area (Å²) in [5, 5.41) is 11.9. The zero-order chi connectivity index (χ0) is 18.2. The molecule has 5 nitrogen and oxygen atoms in total. The van der Waals surface area contributed by atoms with E-state index in [1.807, 2.05) is 6.08 Å². The summed E-state index contributed by atoms with van der Waals surface area (Å²) in [4.78, 5) is 24.4. The maximum Gasteiger partial charge on any atom is 0.320 e. The van der Waals surface area contributed by atoms with Gasteiger partial charge in [-0.3, -0.25) is 14.5 Å². The summed E-state index contributed by atoms with van der Waals surface area (Å²) >= 11 is 0. The van der Waals surface area contributed by atoms with Crippen molar-refractivity contribution in [1.29, 1.82) is 0 Å². The van der Waals surface area contributed by atoms with Crippen LogP contribution in [0.25, 0.3) is 0 Å². The molecule has 1 atom stereocenters. The van der Waals surface area contributed by atoms with Crippen LogP contribution in [0, 0.1) is 0 Å². The number of amides is 1. The predicted molar refractivity (Wildman–Crippen MR) is 99.1 cm³/mol. The van der Waals surface area contributed by atoms with E-state index in [4.69, 9.17) is 5.11 Å². The van der Waals surface area contributed by atoms with Crippen molar-refractivity contribution in [3.63, 3.8) is 0 Å². The van der Waals surface area contributed by atoms with Crippen molar-refractivity contribution in [3.8, 4) is 0 Å². The third kappa shape index (κ3) is 13.1. The van der Waals surface area contributed by atoms with Gasteiger partial charge in [-0.15, -0.1) is 0 Å². The molecule has 0 aromatic rings. The minimum atomic E-state index is -0.790. The molecule has 0 aliphatic heterocycles. The zero-order valence-electron chi connectivity index (χ0n) is 15.7. The highest BCUT2D eigenvalue weighted by atomic mass is 16.4. The van der Waals surface area contributed by atoms with Crippen LogP contribution >= 0.6 is 0 Å². The molecule has 1 amide bonds. The van der Waals surface area contributed by atoms with Gasteiger partial charge in [0, 0.05) is 6.54 Å².